The number of carbonyl (C=O) groups excluding carboxylic acids is 1. The summed E-state index contributed by atoms with van der Waals surface area (Å²) in [4.78, 5) is 20.1. The van der Waals surface area contributed by atoms with Crippen LogP contribution in [0.25, 0.3) is 11.1 Å². The normalized spacial score (nSPS) is 15.6. The fourth-order valence-corrected chi connectivity index (χ4v) is 9.63. The molecule has 0 bridgehead atoms. The zero-order valence-corrected chi connectivity index (χ0v) is 31.3. The van der Waals surface area contributed by atoms with E-state index in [1.807, 2.05) is 109 Å². The second-order valence-electron chi connectivity index (χ2n) is 14.5. The van der Waals surface area contributed by atoms with Crippen molar-refractivity contribution in [3.63, 3.8) is 0 Å². The first-order valence-electron chi connectivity index (χ1n) is 18.0. The average molecular weight is 739 g/mol. The van der Waals surface area contributed by atoms with Gasteiger partial charge >= 0.3 is 6.03 Å². The second-order valence-corrected chi connectivity index (χ2v) is 16.4. The van der Waals surface area contributed by atoms with Gasteiger partial charge in [0.15, 0.2) is 9.92 Å². The quantitative estimate of drug-likeness (QED) is 0.143. The lowest BCUT2D eigenvalue weighted by atomic mass is 9.77. The minimum absolute atomic E-state index is 0.0257. The molecule has 0 saturated heterocycles. The molecular weight excluding hydrogens is 697 g/mol. The van der Waals surface area contributed by atoms with Gasteiger partial charge in [0.05, 0.1) is 32.1 Å². The number of rotatable bonds is 9. The van der Waals surface area contributed by atoms with E-state index in [1.54, 1.807) is 18.0 Å². The van der Waals surface area contributed by atoms with E-state index < -0.39 is 21.5 Å². The summed E-state index contributed by atoms with van der Waals surface area (Å²) in [6.45, 7) is 4.97. The van der Waals surface area contributed by atoms with Crippen LogP contribution in [0.1, 0.15) is 48.1 Å². The van der Waals surface area contributed by atoms with E-state index in [4.69, 9.17) is 9.47 Å². The van der Waals surface area contributed by atoms with Crippen LogP contribution in [0.4, 0.5) is 10.5 Å². The summed E-state index contributed by atoms with van der Waals surface area (Å²) >= 11 is 0. The largest absolute Gasteiger partial charge is 0.481 e. The second kappa shape index (κ2) is 13.8. The molecule has 0 radical (unpaired) electrons. The average Bonchev–Trinajstić information content (AvgIpc) is 3.85. The number of aromatic nitrogens is 3. The molecule has 0 spiro atoms. The highest BCUT2D eigenvalue weighted by Gasteiger charge is 2.51. The van der Waals surface area contributed by atoms with Crippen molar-refractivity contribution < 1.29 is 18.5 Å². The number of urea groups is 1. The summed E-state index contributed by atoms with van der Waals surface area (Å²) in [5.41, 5.74) is 4.44. The van der Waals surface area contributed by atoms with Gasteiger partial charge in [0, 0.05) is 23.2 Å². The lowest BCUT2D eigenvalue weighted by Gasteiger charge is -2.45. The Morgan fingerprint density at radius 1 is 0.926 bits per heavy atom. The summed E-state index contributed by atoms with van der Waals surface area (Å²) in [5.74, 6) is 0.659. The van der Waals surface area contributed by atoms with Gasteiger partial charge in [-0.25, -0.2) is 27.8 Å². The number of benzene rings is 4. The summed E-state index contributed by atoms with van der Waals surface area (Å²) < 4.78 is 40.8. The van der Waals surface area contributed by atoms with E-state index in [0.717, 1.165) is 41.5 Å². The highest BCUT2D eigenvalue weighted by atomic mass is 32.2. The molecule has 11 heteroatoms. The van der Waals surface area contributed by atoms with Gasteiger partial charge in [0.1, 0.15) is 10.4 Å². The van der Waals surface area contributed by atoms with Crippen molar-refractivity contribution in [1.29, 1.82) is 4.78 Å². The molecule has 2 aromatic heterocycles. The number of amides is 2. The number of carbonyl (C=O) groups is 1. The van der Waals surface area contributed by atoms with Crippen LogP contribution in [0.5, 0.6) is 11.8 Å². The Kier molecular flexibility index (Phi) is 8.97. The Morgan fingerprint density at radius 2 is 1.56 bits per heavy atom. The third kappa shape index (κ3) is 5.98. The fourth-order valence-electron chi connectivity index (χ4n) is 7.87. The number of nitrogens with one attached hydrogen (secondary N) is 2. The maximum Gasteiger partial charge on any atom is 0.336 e. The minimum atomic E-state index is -4.28. The van der Waals surface area contributed by atoms with Gasteiger partial charge in [-0.1, -0.05) is 117 Å². The third-order valence-electron chi connectivity index (χ3n) is 10.3. The number of hydrogen-bond acceptors (Lipinski definition) is 7. The Labute approximate surface area is 315 Å². The van der Waals surface area contributed by atoms with E-state index in [1.165, 1.54) is 10.5 Å². The van der Waals surface area contributed by atoms with E-state index in [-0.39, 0.29) is 16.2 Å². The molecule has 2 aliphatic rings. The van der Waals surface area contributed by atoms with Gasteiger partial charge in [-0.15, -0.1) is 0 Å². The number of pyridine rings is 1. The van der Waals surface area contributed by atoms with Crippen LogP contribution in [0.15, 0.2) is 133 Å². The zero-order valence-electron chi connectivity index (χ0n) is 30.5. The van der Waals surface area contributed by atoms with Crippen molar-refractivity contribution in [1.82, 2.24) is 19.1 Å². The molecule has 1 unspecified atom stereocenters. The van der Waals surface area contributed by atoms with Gasteiger partial charge in [-0.2, -0.15) is 5.10 Å². The molecule has 6 aromatic rings. The maximum atomic E-state index is 16.0. The van der Waals surface area contributed by atoms with Crippen molar-refractivity contribution in [3.05, 3.63) is 155 Å². The van der Waals surface area contributed by atoms with Crippen LogP contribution < -0.4 is 14.8 Å². The van der Waals surface area contributed by atoms with Crippen LogP contribution >= 0.6 is 0 Å². The molecular formula is C43H42N6O4S. The molecule has 274 valence electrons. The number of nitrogens with zero attached hydrogens (tertiary/aromatic N) is 4. The van der Waals surface area contributed by atoms with E-state index in [0.29, 0.717) is 41.4 Å². The molecule has 10 nitrogen and oxygen atoms in total. The molecule has 1 aliphatic carbocycles. The molecule has 54 heavy (non-hydrogen) atoms. The Morgan fingerprint density at radius 3 is 2.17 bits per heavy atom. The summed E-state index contributed by atoms with van der Waals surface area (Å²) in [6.07, 6.45) is 5.64. The van der Waals surface area contributed by atoms with Crippen LogP contribution in [0.2, 0.25) is 0 Å². The van der Waals surface area contributed by atoms with Crippen molar-refractivity contribution in [2.24, 2.45) is 5.41 Å². The van der Waals surface area contributed by atoms with Crippen molar-refractivity contribution in [2.45, 2.75) is 50.1 Å². The Bertz CT molecular complexity index is 2340. The van der Waals surface area contributed by atoms with E-state index in [9.17, 15) is 4.78 Å². The first kappa shape index (κ1) is 35.1. The van der Waals surface area contributed by atoms with E-state index >= 15 is 9.00 Å². The van der Waals surface area contributed by atoms with E-state index in [2.05, 4.69) is 35.3 Å². The predicted molar refractivity (Wildman–Crippen MR) is 209 cm³/mol. The first-order chi connectivity index (χ1) is 26.1. The van der Waals surface area contributed by atoms with Crippen LogP contribution in [-0.4, -0.2) is 43.0 Å². The van der Waals surface area contributed by atoms with Crippen molar-refractivity contribution in [2.75, 3.05) is 19.0 Å². The molecule has 0 saturated carbocycles. The monoisotopic (exact) mass is 738 g/mol. The van der Waals surface area contributed by atoms with Gasteiger partial charge in [-0.3, -0.25) is 0 Å². The number of anilines is 1. The topological polar surface area (TPSA) is 122 Å². The van der Waals surface area contributed by atoms with Crippen LogP contribution in [0.3, 0.4) is 0 Å². The lowest BCUT2D eigenvalue weighted by molar-refractivity contribution is 0.0970. The zero-order chi connectivity index (χ0) is 37.5. The maximum absolute atomic E-state index is 16.0. The van der Waals surface area contributed by atoms with Crippen molar-refractivity contribution >= 4 is 21.6 Å². The van der Waals surface area contributed by atoms with Gasteiger partial charge in [0.2, 0.25) is 11.8 Å². The summed E-state index contributed by atoms with van der Waals surface area (Å²) in [6, 6.07) is 35.6. The smallest absolute Gasteiger partial charge is 0.336 e. The predicted octanol–water partition coefficient (Wildman–Crippen LogP) is 8.71. The number of methoxy groups -OCH3 is 1. The molecule has 2 amide bonds. The fraction of sp³-hybridized carbons (Fsp3) is 0.233. The summed E-state index contributed by atoms with van der Waals surface area (Å²) in [7, 11) is -2.71. The molecule has 4 aromatic carbocycles. The van der Waals surface area contributed by atoms with Gasteiger partial charge < -0.3 is 14.8 Å². The first-order valence-corrected chi connectivity index (χ1v) is 19.6. The number of ether oxygens (including phenoxy) is 2. The minimum Gasteiger partial charge on any atom is -0.481 e. The van der Waals surface area contributed by atoms with Crippen molar-refractivity contribution in [3.8, 4) is 22.9 Å². The third-order valence-corrected chi connectivity index (χ3v) is 12.2. The molecule has 1 aliphatic heterocycles. The molecule has 1 atom stereocenters. The van der Waals surface area contributed by atoms with Crippen LogP contribution in [0, 0.1) is 10.2 Å². The number of fused-ring (bicyclic) bond motifs is 2. The Hall–Kier alpha value is -5.94. The van der Waals surface area contributed by atoms with Crippen LogP contribution in [-0.2, 0) is 34.8 Å². The standard InChI is InChI=1S/C43H42N6O4S/c1-42(2)28-48-40(53-29-42)37(27-46-48)54(44,51)49(43(32-15-7-4-8-16-32,33-17-9-5-10-18-33)34-19-11-6-12-20-34)41(50)47-39-35-21-13-14-30(35)22-23-36(39)31-24-25-45-38(26-31)52-3/h4-12,15-20,22-27,44H,13-14,21,28-29H2,1-3H3,(H,47,50). The SMILES string of the molecule is COc1cc(-c2ccc3c(c2NC(=O)N(C(c2ccccc2)(c2ccccc2)c2ccccc2)S(=N)(=O)c2cnn4c2OCC(C)(C)C4)CCC3)ccn1. The highest BCUT2D eigenvalue weighted by Crippen LogP contribution is 2.48. The number of aryl methyl sites for hydroxylation is 1. The molecule has 3 heterocycles. The Balaban J connectivity index is 1.41. The van der Waals surface area contributed by atoms with Gasteiger partial charge in [0.25, 0.3) is 0 Å². The molecule has 0 fully saturated rings. The van der Waals surface area contributed by atoms with Gasteiger partial charge in [-0.05, 0) is 58.7 Å². The summed E-state index contributed by atoms with van der Waals surface area (Å²) in [5, 5.41) is 7.86. The number of hydrogen-bond donors (Lipinski definition) is 2. The molecule has 8 rings (SSSR count). The molecule has 2 N–H and O–H groups in total. The lowest BCUT2D eigenvalue weighted by Crippen LogP contribution is -2.55. The highest BCUT2D eigenvalue weighted by molar-refractivity contribution is 7.90.